The first kappa shape index (κ1) is 19.0. The minimum Gasteiger partial charge on any atom is -0.461 e. The quantitative estimate of drug-likeness (QED) is 0.724. The number of anilines is 1. The Labute approximate surface area is 164 Å². The number of hydrogen-bond donors (Lipinski definition) is 0. The van der Waals surface area contributed by atoms with Crippen LogP contribution in [0.2, 0.25) is 0 Å². The van der Waals surface area contributed by atoms with Gasteiger partial charge in [0.2, 0.25) is 0 Å². The van der Waals surface area contributed by atoms with Crippen LogP contribution in [0.1, 0.15) is 76.5 Å². The van der Waals surface area contributed by atoms with E-state index in [1.807, 2.05) is 0 Å². The summed E-state index contributed by atoms with van der Waals surface area (Å²) in [6, 6.07) is 0.611. The van der Waals surface area contributed by atoms with E-state index in [0.717, 1.165) is 44.8 Å². The average Bonchev–Trinajstić information content (AvgIpc) is 3.28. The van der Waals surface area contributed by atoms with Crippen molar-refractivity contribution in [1.29, 1.82) is 0 Å². The number of fused-ring (bicyclic) bond motifs is 1. The SMILES string of the molecule is CCCc1c(CC)nc(OCC23CCCN2CCC3)nc1N1CCCCC1. The monoisotopic (exact) mass is 372 g/mol. The van der Waals surface area contributed by atoms with Crippen LogP contribution >= 0.6 is 0 Å². The maximum atomic E-state index is 6.31. The van der Waals surface area contributed by atoms with Gasteiger partial charge in [-0.15, -0.1) is 0 Å². The number of piperidine rings is 1. The molecule has 0 bridgehead atoms. The zero-order valence-corrected chi connectivity index (χ0v) is 17.3. The molecule has 0 N–H and O–H groups in total. The highest BCUT2D eigenvalue weighted by molar-refractivity contribution is 5.50. The molecule has 3 fully saturated rings. The second-order valence-electron chi connectivity index (χ2n) is 8.61. The van der Waals surface area contributed by atoms with Crippen LogP contribution in [0.4, 0.5) is 5.82 Å². The molecule has 3 saturated heterocycles. The van der Waals surface area contributed by atoms with Crippen LogP contribution in [0.15, 0.2) is 0 Å². The van der Waals surface area contributed by atoms with E-state index in [0.29, 0.717) is 6.01 Å². The number of aryl methyl sites for hydroxylation is 1. The van der Waals surface area contributed by atoms with Gasteiger partial charge in [-0.3, -0.25) is 4.90 Å². The van der Waals surface area contributed by atoms with Gasteiger partial charge < -0.3 is 9.64 Å². The Morgan fingerprint density at radius 1 is 0.926 bits per heavy atom. The highest BCUT2D eigenvalue weighted by Crippen LogP contribution is 2.39. The molecular weight excluding hydrogens is 336 g/mol. The molecule has 5 nitrogen and oxygen atoms in total. The van der Waals surface area contributed by atoms with Gasteiger partial charge in [0.1, 0.15) is 12.4 Å². The highest BCUT2D eigenvalue weighted by atomic mass is 16.5. The van der Waals surface area contributed by atoms with Crippen molar-refractivity contribution in [3.8, 4) is 6.01 Å². The van der Waals surface area contributed by atoms with E-state index >= 15 is 0 Å². The molecule has 0 aromatic carbocycles. The topological polar surface area (TPSA) is 41.5 Å². The molecule has 3 aliphatic heterocycles. The molecule has 3 aliphatic rings. The van der Waals surface area contributed by atoms with Crippen LogP contribution in [0.5, 0.6) is 6.01 Å². The standard InChI is InChI=1S/C22H36N4O/c1-3-10-18-19(4-2)23-21(24-20(18)25-13-6-5-7-14-25)27-17-22-11-8-15-26(22)16-9-12-22/h3-17H2,1-2H3. The predicted octanol–water partition coefficient (Wildman–Crippen LogP) is 3.99. The van der Waals surface area contributed by atoms with Crippen molar-refractivity contribution in [2.45, 2.75) is 83.6 Å². The molecule has 0 atom stereocenters. The number of ether oxygens (including phenoxy) is 1. The molecule has 0 spiro atoms. The molecule has 5 heteroatoms. The van der Waals surface area contributed by atoms with Crippen LogP contribution in [-0.4, -0.2) is 53.2 Å². The summed E-state index contributed by atoms with van der Waals surface area (Å²) in [6.07, 6.45) is 12.2. The van der Waals surface area contributed by atoms with Gasteiger partial charge in [0.05, 0.1) is 11.2 Å². The number of aromatic nitrogens is 2. The molecule has 0 radical (unpaired) electrons. The van der Waals surface area contributed by atoms with Gasteiger partial charge in [-0.1, -0.05) is 20.3 Å². The molecular formula is C22H36N4O. The van der Waals surface area contributed by atoms with Crippen molar-refractivity contribution < 1.29 is 4.74 Å². The first-order chi connectivity index (χ1) is 13.3. The van der Waals surface area contributed by atoms with E-state index in [1.165, 1.54) is 69.3 Å². The van der Waals surface area contributed by atoms with Crippen molar-refractivity contribution in [3.05, 3.63) is 11.3 Å². The summed E-state index contributed by atoms with van der Waals surface area (Å²) < 4.78 is 6.31. The molecule has 27 heavy (non-hydrogen) atoms. The molecule has 1 aromatic rings. The van der Waals surface area contributed by atoms with E-state index < -0.39 is 0 Å². The Morgan fingerprint density at radius 3 is 2.33 bits per heavy atom. The number of rotatable bonds is 7. The molecule has 1 aromatic heterocycles. The van der Waals surface area contributed by atoms with Crippen molar-refractivity contribution >= 4 is 5.82 Å². The summed E-state index contributed by atoms with van der Waals surface area (Å²) in [7, 11) is 0. The lowest BCUT2D eigenvalue weighted by molar-refractivity contribution is 0.107. The highest BCUT2D eigenvalue weighted by Gasteiger charge is 2.45. The lowest BCUT2D eigenvalue weighted by atomic mass is 9.95. The molecule has 0 saturated carbocycles. The van der Waals surface area contributed by atoms with Gasteiger partial charge >= 0.3 is 6.01 Å². The minimum absolute atomic E-state index is 0.253. The maximum Gasteiger partial charge on any atom is 0.318 e. The van der Waals surface area contributed by atoms with Crippen LogP contribution in [0.25, 0.3) is 0 Å². The lowest BCUT2D eigenvalue weighted by Gasteiger charge is -2.32. The molecule has 4 rings (SSSR count). The summed E-state index contributed by atoms with van der Waals surface area (Å²) in [5, 5.41) is 0. The van der Waals surface area contributed by atoms with Gasteiger partial charge in [-0.2, -0.15) is 9.97 Å². The van der Waals surface area contributed by atoms with Crippen molar-refractivity contribution in [2.24, 2.45) is 0 Å². The van der Waals surface area contributed by atoms with E-state index in [4.69, 9.17) is 14.7 Å². The van der Waals surface area contributed by atoms with E-state index in [-0.39, 0.29) is 5.54 Å². The maximum absolute atomic E-state index is 6.31. The third kappa shape index (κ3) is 3.80. The van der Waals surface area contributed by atoms with E-state index in [2.05, 4.69) is 23.6 Å². The second-order valence-corrected chi connectivity index (χ2v) is 8.61. The summed E-state index contributed by atoms with van der Waals surface area (Å²) in [5.74, 6) is 1.16. The van der Waals surface area contributed by atoms with Gasteiger partial charge in [0.25, 0.3) is 0 Å². The van der Waals surface area contributed by atoms with Gasteiger partial charge in [-0.05, 0) is 70.9 Å². The largest absolute Gasteiger partial charge is 0.461 e. The average molecular weight is 373 g/mol. The summed E-state index contributed by atoms with van der Waals surface area (Å²) in [4.78, 5) is 15.0. The Morgan fingerprint density at radius 2 is 1.67 bits per heavy atom. The van der Waals surface area contributed by atoms with Crippen molar-refractivity contribution in [2.75, 3.05) is 37.7 Å². The Kier molecular flexibility index (Phi) is 5.86. The minimum atomic E-state index is 0.253. The van der Waals surface area contributed by atoms with Crippen LogP contribution in [-0.2, 0) is 12.8 Å². The summed E-state index contributed by atoms with van der Waals surface area (Å²) in [6.45, 7) is 9.92. The molecule has 0 amide bonds. The normalized spacial score (nSPS) is 22.2. The third-order valence-electron chi connectivity index (χ3n) is 6.82. The summed E-state index contributed by atoms with van der Waals surface area (Å²) in [5.41, 5.74) is 2.80. The van der Waals surface area contributed by atoms with Gasteiger partial charge in [0.15, 0.2) is 0 Å². The zero-order chi connectivity index (χ0) is 18.7. The first-order valence-electron chi connectivity index (χ1n) is 11.3. The fourth-order valence-corrected chi connectivity index (χ4v) is 5.39. The van der Waals surface area contributed by atoms with Crippen molar-refractivity contribution in [3.63, 3.8) is 0 Å². The molecule has 0 aliphatic carbocycles. The van der Waals surface area contributed by atoms with Gasteiger partial charge in [0, 0.05) is 18.7 Å². The van der Waals surface area contributed by atoms with Crippen molar-refractivity contribution in [1.82, 2.24) is 14.9 Å². The third-order valence-corrected chi connectivity index (χ3v) is 6.82. The van der Waals surface area contributed by atoms with Crippen LogP contribution < -0.4 is 9.64 Å². The fraction of sp³-hybridized carbons (Fsp3) is 0.818. The smallest absolute Gasteiger partial charge is 0.318 e. The number of nitrogens with zero attached hydrogens (tertiary/aromatic N) is 4. The Balaban J connectivity index is 1.58. The molecule has 150 valence electrons. The Hall–Kier alpha value is -1.36. The second kappa shape index (κ2) is 8.34. The lowest BCUT2D eigenvalue weighted by Crippen LogP contribution is -2.43. The summed E-state index contributed by atoms with van der Waals surface area (Å²) >= 11 is 0. The molecule has 4 heterocycles. The Bertz CT molecular complexity index is 631. The first-order valence-corrected chi connectivity index (χ1v) is 11.3. The fourth-order valence-electron chi connectivity index (χ4n) is 5.39. The van der Waals surface area contributed by atoms with Gasteiger partial charge in [-0.25, -0.2) is 0 Å². The van der Waals surface area contributed by atoms with E-state index in [1.54, 1.807) is 0 Å². The van der Waals surface area contributed by atoms with E-state index in [9.17, 15) is 0 Å². The molecule has 0 unspecified atom stereocenters. The van der Waals surface area contributed by atoms with Crippen LogP contribution in [0.3, 0.4) is 0 Å². The van der Waals surface area contributed by atoms with Crippen LogP contribution in [0, 0.1) is 0 Å². The predicted molar refractivity (Wildman–Crippen MR) is 110 cm³/mol. The zero-order valence-electron chi connectivity index (χ0n) is 17.3. The number of hydrogen-bond acceptors (Lipinski definition) is 5.